The summed E-state index contributed by atoms with van der Waals surface area (Å²) in [6, 6.07) is 10.3. The zero-order valence-corrected chi connectivity index (χ0v) is 10.6. The predicted octanol–water partition coefficient (Wildman–Crippen LogP) is 3.22. The largest absolute Gasteiger partial charge is 0.369 e. The van der Waals surface area contributed by atoms with Crippen LogP contribution in [0.4, 0.5) is 0 Å². The minimum atomic E-state index is -0.102. The van der Waals surface area contributed by atoms with Crippen LogP contribution in [0.5, 0.6) is 0 Å². The fraction of sp³-hybridized carbons (Fsp3) is 0.400. The Morgan fingerprint density at radius 1 is 1.11 bits per heavy atom. The fourth-order valence-corrected chi connectivity index (χ4v) is 2.38. The van der Waals surface area contributed by atoms with Crippen LogP contribution in [0.25, 0.3) is 10.9 Å². The second-order valence-electron chi connectivity index (χ2n) is 4.80. The average molecular weight is 244 g/mol. The number of aromatic nitrogens is 1. The standard InChI is InChI=1S/C8H7N.C7H13NO/c1-2-4-8-7(3-1)5-6-9-8;8-7(9)6-4-2-1-3-5-6/h1-6,9H;6H,1-5H2,(H2,8,9). The van der Waals surface area contributed by atoms with Gasteiger partial charge >= 0.3 is 0 Å². The Morgan fingerprint density at radius 3 is 2.44 bits per heavy atom. The van der Waals surface area contributed by atoms with Gasteiger partial charge in [-0.2, -0.15) is 0 Å². The highest BCUT2D eigenvalue weighted by molar-refractivity contribution is 5.78. The Morgan fingerprint density at radius 2 is 1.83 bits per heavy atom. The van der Waals surface area contributed by atoms with Crippen LogP contribution in [0.2, 0.25) is 0 Å². The molecule has 0 atom stereocenters. The maximum absolute atomic E-state index is 10.6. The van der Waals surface area contributed by atoms with E-state index in [1.54, 1.807) is 0 Å². The summed E-state index contributed by atoms with van der Waals surface area (Å²) in [5, 5.41) is 1.28. The maximum atomic E-state index is 10.6. The number of primary amides is 1. The Kier molecular flexibility index (Phi) is 4.40. The minimum absolute atomic E-state index is 0.102. The summed E-state index contributed by atoms with van der Waals surface area (Å²) in [4.78, 5) is 13.7. The zero-order valence-electron chi connectivity index (χ0n) is 10.6. The molecule has 18 heavy (non-hydrogen) atoms. The lowest BCUT2D eigenvalue weighted by Gasteiger charge is -2.17. The van der Waals surface area contributed by atoms with E-state index in [4.69, 9.17) is 5.73 Å². The molecule has 3 rings (SSSR count). The quantitative estimate of drug-likeness (QED) is 0.795. The molecule has 96 valence electrons. The van der Waals surface area contributed by atoms with Gasteiger partial charge in [0.25, 0.3) is 0 Å². The number of nitrogens with two attached hydrogens (primary N) is 1. The monoisotopic (exact) mass is 244 g/mol. The second kappa shape index (κ2) is 6.24. The highest BCUT2D eigenvalue weighted by Gasteiger charge is 2.17. The molecule has 3 N–H and O–H groups in total. The van der Waals surface area contributed by atoms with E-state index in [2.05, 4.69) is 23.2 Å². The second-order valence-corrected chi connectivity index (χ2v) is 4.80. The van der Waals surface area contributed by atoms with Crippen molar-refractivity contribution in [3.63, 3.8) is 0 Å². The van der Waals surface area contributed by atoms with Gasteiger partial charge in [0, 0.05) is 17.6 Å². The Balaban J connectivity index is 0.000000134. The third-order valence-corrected chi connectivity index (χ3v) is 3.47. The van der Waals surface area contributed by atoms with Crippen LogP contribution in [0.1, 0.15) is 32.1 Å². The summed E-state index contributed by atoms with van der Waals surface area (Å²) in [5.74, 6) is 0.0912. The number of hydrogen-bond acceptors (Lipinski definition) is 1. The molecule has 3 nitrogen and oxygen atoms in total. The van der Waals surface area contributed by atoms with Gasteiger partial charge in [-0.15, -0.1) is 0 Å². The van der Waals surface area contributed by atoms with E-state index in [9.17, 15) is 4.79 Å². The van der Waals surface area contributed by atoms with Gasteiger partial charge in [0.05, 0.1) is 0 Å². The minimum Gasteiger partial charge on any atom is -0.369 e. The summed E-state index contributed by atoms with van der Waals surface area (Å²) < 4.78 is 0. The van der Waals surface area contributed by atoms with Crippen LogP contribution in [0.15, 0.2) is 36.5 Å². The van der Waals surface area contributed by atoms with Crippen molar-refractivity contribution in [3.05, 3.63) is 36.5 Å². The predicted molar refractivity (Wildman–Crippen MR) is 74.1 cm³/mol. The molecule has 0 unspecified atom stereocenters. The number of fused-ring (bicyclic) bond motifs is 1. The van der Waals surface area contributed by atoms with Crippen LogP contribution >= 0.6 is 0 Å². The lowest BCUT2D eigenvalue weighted by atomic mass is 9.89. The van der Waals surface area contributed by atoms with E-state index in [0.717, 1.165) is 12.8 Å². The smallest absolute Gasteiger partial charge is 0.220 e. The van der Waals surface area contributed by atoms with Crippen molar-refractivity contribution in [2.75, 3.05) is 0 Å². The number of H-pyrrole nitrogens is 1. The van der Waals surface area contributed by atoms with Gasteiger partial charge in [0.1, 0.15) is 0 Å². The van der Waals surface area contributed by atoms with Gasteiger partial charge in [-0.1, -0.05) is 37.5 Å². The van der Waals surface area contributed by atoms with E-state index in [0.29, 0.717) is 0 Å². The maximum Gasteiger partial charge on any atom is 0.220 e. The third kappa shape index (κ3) is 3.36. The van der Waals surface area contributed by atoms with Gasteiger partial charge in [0.15, 0.2) is 0 Å². The van der Waals surface area contributed by atoms with Gasteiger partial charge in [0.2, 0.25) is 5.91 Å². The van der Waals surface area contributed by atoms with Crippen LogP contribution in [-0.2, 0) is 4.79 Å². The molecule has 3 heteroatoms. The molecule has 0 saturated heterocycles. The number of para-hydroxylation sites is 1. The van der Waals surface area contributed by atoms with Gasteiger partial charge in [-0.05, 0) is 30.4 Å². The lowest BCUT2D eigenvalue weighted by molar-refractivity contribution is -0.122. The Hall–Kier alpha value is -1.77. The first kappa shape index (κ1) is 12.7. The normalized spacial score (nSPS) is 16.0. The van der Waals surface area contributed by atoms with E-state index < -0.39 is 0 Å². The topological polar surface area (TPSA) is 58.9 Å². The average Bonchev–Trinajstić information content (AvgIpc) is 2.89. The van der Waals surface area contributed by atoms with Crippen LogP contribution < -0.4 is 5.73 Å². The molecule has 1 amide bonds. The van der Waals surface area contributed by atoms with Crippen molar-refractivity contribution in [1.82, 2.24) is 4.98 Å². The number of nitrogens with one attached hydrogen (secondary N) is 1. The van der Waals surface area contributed by atoms with Gasteiger partial charge in [-0.3, -0.25) is 4.79 Å². The van der Waals surface area contributed by atoms with Crippen molar-refractivity contribution in [3.8, 4) is 0 Å². The summed E-state index contributed by atoms with van der Waals surface area (Å²) >= 11 is 0. The molecule has 0 bridgehead atoms. The van der Waals surface area contributed by atoms with Gasteiger partial charge < -0.3 is 10.7 Å². The molecule has 1 saturated carbocycles. The summed E-state index contributed by atoms with van der Waals surface area (Å²) in [5.41, 5.74) is 6.33. The van der Waals surface area contributed by atoms with Crippen molar-refractivity contribution in [2.45, 2.75) is 32.1 Å². The van der Waals surface area contributed by atoms with Crippen molar-refractivity contribution < 1.29 is 4.79 Å². The zero-order chi connectivity index (χ0) is 12.8. The fourth-order valence-electron chi connectivity index (χ4n) is 2.38. The third-order valence-electron chi connectivity index (χ3n) is 3.47. The van der Waals surface area contributed by atoms with Crippen LogP contribution in [-0.4, -0.2) is 10.9 Å². The number of amides is 1. The molecule has 1 aromatic heterocycles. The molecule has 0 radical (unpaired) electrons. The SMILES string of the molecule is NC(=O)C1CCCCC1.c1ccc2[nH]ccc2c1. The summed E-state index contributed by atoms with van der Waals surface area (Å²) in [7, 11) is 0. The van der Waals surface area contributed by atoms with Gasteiger partial charge in [-0.25, -0.2) is 0 Å². The molecule has 1 fully saturated rings. The summed E-state index contributed by atoms with van der Waals surface area (Å²) in [6.45, 7) is 0. The Bertz CT molecular complexity index is 468. The van der Waals surface area contributed by atoms with E-state index >= 15 is 0 Å². The highest BCUT2D eigenvalue weighted by atomic mass is 16.1. The number of carbonyl (C=O) groups excluding carboxylic acids is 1. The van der Waals surface area contributed by atoms with Crippen molar-refractivity contribution in [2.24, 2.45) is 11.7 Å². The Labute approximate surface area is 107 Å². The van der Waals surface area contributed by atoms with E-state index in [-0.39, 0.29) is 11.8 Å². The highest BCUT2D eigenvalue weighted by Crippen LogP contribution is 2.22. The molecule has 0 aliphatic heterocycles. The molecule has 1 aliphatic rings. The first-order valence-corrected chi connectivity index (χ1v) is 6.59. The van der Waals surface area contributed by atoms with Crippen LogP contribution in [0, 0.1) is 5.92 Å². The number of benzene rings is 1. The molecular formula is C15H20N2O. The number of aromatic amines is 1. The summed E-state index contributed by atoms with van der Waals surface area (Å²) in [6.07, 6.45) is 7.65. The number of hydrogen-bond donors (Lipinski definition) is 2. The lowest BCUT2D eigenvalue weighted by Crippen LogP contribution is -2.24. The molecule has 1 heterocycles. The molecule has 1 aliphatic carbocycles. The first-order chi connectivity index (χ1) is 8.77. The number of carbonyl (C=O) groups is 1. The molecular weight excluding hydrogens is 224 g/mol. The van der Waals surface area contributed by atoms with Crippen molar-refractivity contribution in [1.29, 1.82) is 0 Å². The molecule has 0 spiro atoms. The van der Waals surface area contributed by atoms with Crippen LogP contribution in [0.3, 0.4) is 0 Å². The molecule has 1 aromatic carbocycles. The van der Waals surface area contributed by atoms with E-state index in [1.807, 2.05) is 18.3 Å². The molecule has 2 aromatic rings. The first-order valence-electron chi connectivity index (χ1n) is 6.59. The van der Waals surface area contributed by atoms with Crippen molar-refractivity contribution >= 4 is 16.8 Å². The van der Waals surface area contributed by atoms with E-state index in [1.165, 1.54) is 30.2 Å². The number of rotatable bonds is 1.